The third-order valence-electron chi connectivity index (χ3n) is 3.71. The van der Waals surface area contributed by atoms with Crippen LogP contribution in [0.2, 0.25) is 5.02 Å². The Hall–Kier alpha value is -2.63. The van der Waals surface area contributed by atoms with Gasteiger partial charge in [-0.25, -0.2) is 14.2 Å². The molecule has 0 radical (unpaired) electrons. The van der Waals surface area contributed by atoms with E-state index >= 15 is 0 Å². The molecule has 0 saturated carbocycles. The highest BCUT2D eigenvalue weighted by Crippen LogP contribution is 2.24. The highest BCUT2D eigenvalue weighted by atomic mass is 35.5. The van der Waals surface area contributed by atoms with Crippen molar-refractivity contribution < 1.29 is 13.5 Å². The van der Waals surface area contributed by atoms with Gasteiger partial charge in [-0.3, -0.25) is 0 Å². The van der Waals surface area contributed by atoms with Crippen LogP contribution in [-0.4, -0.2) is 0 Å². The SMILES string of the molecule is Fc1ccc(COc2ccc(Cl)cc2CNNc2ccccc2)c(F)c1. The molecule has 3 nitrogen and oxygen atoms in total. The molecule has 3 aromatic rings. The van der Waals surface area contributed by atoms with Gasteiger partial charge in [0.15, 0.2) is 0 Å². The summed E-state index contributed by atoms with van der Waals surface area (Å²) in [6.45, 7) is 0.434. The number of ether oxygens (including phenoxy) is 1. The van der Waals surface area contributed by atoms with Crippen molar-refractivity contribution in [3.8, 4) is 5.75 Å². The Kier molecular flexibility index (Phi) is 6.04. The first-order chi connectivity index (χ1) is 12.6. The second-order valence-corrected chi connectivity index (χ2v) is 6.06. The molecular formula is C20H17ClF2N2O. The molecule has 0 spiro atoms. The van der Waals surface area contributed by atoms with Crippen molar-refractivity contribution in [3.63, 3.8) is 0 Å². The molecule has 134 valence electrons. The average molecular weight is 375 g/mol. The van der Waals surface area contributed by atoms with Crippen molar-refractivity contribution in [2.75, 3.05) is 5.43 Å². The zero-order valence-electron chi connectivity index (χ0n) is 13.8. The number of hydrogen-bond donors (Lipinski definition) is 2. The summed E-state index contributed by atoms with van der Waals surface area (Å²) in [5, 5.41) is 0.571. The molecule has 0 aliphatic heterocycles. The van der Waals surface area contributed by atoms with Gasteiger partial charge in [0.25, 0.3) is 0 Å². The van der Waals surface area contributed by atoms with Gasteiger partial charge in [-0.2, -0.15) is 0 Å². The molecule has 0 aliphatic carbocycles. The van der Waals surface area contributed by atoms with Crippen molar-refractivity contribution in [3.05, 3.63) is 94.5 Å². The maximum Gasteiger partial charge on any atom is 0.132 e. The Morgan fingerprint density at radius 1 is 0.885 bits per heavy atom. The first kappa shape index (κ1) is 18.2. The van der Waals surface area contributed by atoms with Crippen LogP contribution in [-0.2, 0) is 13.2 Å². The third kappa shape index (κ3) is 4.94. The lowest BCUT2D eigenvalue weighted by atomic mass is 10.2. The first-order valence-electron chi connectivity index (χ1n) is 8.01. The number of rotatable bonds is 7. The summed E-state index contributed by atoms with van der Waals surface area (Å²) in [5.41, 5.74) is 8.18. The molecule has 0 aliphatic rings. The zero-order chi connectivity index (χ0) is 18.4. The van der Waals surface area contributed by atoms with Crippen molar-refractivity contribution in [1.82, 2.24) is 5.43 Å². The second-order valence-electron chi connectivity index (χ2n) is 5.62. The fourth-order valence-electron chi connectivity index (χ4n) is 2.38. The first-order valence-corrected chi connectivity index (χ1v) is 8.39. The molecular weight excluding hydrogens is 358 g/mol. The van der Waals surface area contributed by atoms with E-state index in [2.05, 4.69) is 10.9 Å². The van der Waals surface area contributed by atoms with Crippen LogP contribution in [0, 0.1) is 11.6 Å². The number of halogens is 3. The Morgan fingerprint density at radius 2 is 1.69 bits per heavy atom. The van der Waals surface area contributed by atoms with Crippen LogP contribution in [0.25, 0.3) is 0 Å². The van der Waals surface area contributed by atoms with Gasteiger partial charge < -0.3 is 10.2 Å². The lowest BCUT2D eigenvalue weighted by Gasteiger charge is -2.14. The lowest BCUT2D eigenvalue weighted by Crippen LogP contribution is -2.21. The highest BCUT2D eigenvalue weighted by Gasteiger charge is 2.08. The monoisotopic (exact) mass is 374 g/mol. The molecule has 3 rings (SSSR count). The maximum atomic E-state index is 13.7. The van der Waals surface area contributed by atoms with Gasteiger partial charge in [-0.05, 0) is 42.5 Å². The summed E-state index contributed by atoms with van der Waals surface area (Å²) in [6, 6.07) is 18.3. The Labute approximate surface area is 155 Å². The third-order valence-corrected chi connectivity index (χ3v) is 3.94. The van der Waals surface area contributed by atoms with Crippen LogP contribution in [0.15, 0.2) is 66.7 Å². The molecule has 2 N–H and O–H groups in total. The lowest BCUT2D eigenvalue weighted by molar-refractivity contribution is 0.296. The second kappa shape index (κ2) is 8.65. The van der Waals surface area contributed by atoms with Gasteiger partial charge in [0.05, 0.1) is 0 Å². The molecule has 26 heavy (non-hydrogen) atoms. The van der Waals surface area contributed by atoms with Gasteiger partial charge in [0.2, 0.25) is 0 Å². The Balaban J connectivity index is 1.65. The molecule has 0 atom stereocenters. The number of hydrogen-bond acceptors (Lipinski definition) is 3. The molecule has 0 unspecified atom stereocenters. The quantitative estimate of drug-likeness (QED) is 0.549. The minimum absolute atomic E-state index is 0.00708. The van der Waals surface area contributed by atoms with E-state index in [-0.39, 0.29) is 12.2 Å². The Morgan fingerprint density at radius 3 is 2.46 bits per heavy atom. The fraction of sp³-hybridized carbons (Fsp3) is 0.100. The van der Waals surface area contributed by atoms with E-state index in [1.54, 1.807) is 18.2 Å². The van der Waals surface area contributed by atoms with Gasteiger partial charge in [-0.1, -0.05) is 29.8 Å². The topological polar surface area (TPSA) is 33.3 Å². The molecule has 0 heterocycles. The standard InChI is InChI=1S/C20H17ClF2N2O/c21-16-7-9-20(26-13-14-6-8-17(22)11-19(14)23)15(10-16)12-24-25-18-4-2-1-3-5-18/h1-11,24-25H,12-13H2. The van der Waals surface area contributed by atoms with E-state index in [1.807, 2.05) is 30.3 Å². The maximum absolute atomic E-state index is 13.7. The molecule has 3 aromatic carbocycles. The highest BCUT2D eigenvalue weighted by molar-refractivity contribution is 6.30. The van der Waals surface area contributed by atoms with Crippen LogP contribution in [0.4, 0.5) is 14.5 Å². The van der Waals surface area contributed by atoms with Crippen molar-refractivity contribution >= 4 is 17.3 Å². The van der Waals surface area contributed by atoms with Crippen LogP contribution in [0.5, 0.6) is 5.75 Å². The van der Waals surface area contributed by atoms with Crippen LogP contribution >= 0.6 is 11.6 Å². The van der Waals surface area contributed by atoms with Gasteiger partial charge in [-0.15, -0.1) is 0 Å². The predicted octanol–water partition coefficient (Wildman–Crippen LogP) is 5.31. The van der Waals surface area contributed by atoms with Gasteiger partial charge in [0.1, 0.15) is 24.0 Å². The summed E-state index contributed by atoms with van der Waals surface area (Å²) >= 11 is 6.07. The molecule has 0 aromatic heterocycles. The van der Waals surface area contributed by atoms with E-state index in [4.69, 9.17) is 16.3 Å². The molecule has 6 heteroatoms. The number of benzene rings is 3. The number of anilines is 1. The van der Waals surface area contributed by atoms with Gasteiger partial charge in [0, 0.05) is 34.4 Å². The van der Waals surface area contributed by atoms with Crippen LogP contribution in [0.1, 0.15) is 11.1 Å². The average Bonchev–Trinajstić information content (AvgIpc) is 2.63. The largest absolute Gasteiger partial charge is 0.488 e. The van der Waals surface area contributed by atoms with E-state index in [1.165, 1.54) is 12.1 Å². The summed E-state index contributed by atoms with van der Waals surface area (Å²) in [5.74, 6) is -0.681. The summed E-state index contributed by atoms with van der Waals surface area (Å²) < 4.78 is 32.4. The predicted molar refractivity (Wildman–Crippen MR) is 99.0 cm³/mol. The van der Waals surface area contributed by atoms with E-state index in [0.717, 1.165) is 17.3 Å². The summed E-state index contributed by atoms with van der Waals surface area (Å²) in [4.78, 5) is 0. The summed E-state index contributed by atoms with van der Waals surface area (Å²) in [7, 11) is 0. The number of para-hydroxylation sites is 1. The Bertz CT molecular complexity index is 875. The summed E-state index contributed by atoms with van der Waals surface area (Å²) in [6.07, 6.45) is 0. The van der Waals surface area contributed by atoms with Crippen molar-refractivity contribution in [1.29, 1.82) is 0 Å². The minimum atomic E-state index is -0.635. The van der Waals surface area contributed by atoms with E-state index in [9.17, 15) is 8.78 Å². The minimum Gasteiger partial charge on any atom is -0.488 e. The van der Waals surface area contributed by atoms with Gasteiger partial charge >= 0.3 is 0 Å². The fourth-order valence-corrected chi connectivity index (χ4v) is 2.58. The number of nitrogens with one attached hydrogen (secondary N) is 2. The molecule has 0 fully saturated rings. The van der Waals surface area contributed by atoms with Crippen molar-refractivity contribution in [2.24, 2.45) is 0 Å². The molecule has 0 saturated heterocycles. The van der Waals surface area contributed by atoms with E-state index in [0.29, 0.717) is 17.3 Å². The zero-order valence-corrected chi connectivity index (χ0v) is 14.6. The van der Waals surface area contributed by atoms with Crippen LogP contribution in [0.3, 0.4) is 0 Å². The molecule has 0 bridgehead atoms. The molecule has 0 amide bonds. The smallest absolute Gasteiger partial charge is 0.132 e. The number of hydrazine groups is 1. The van der Waals surface area contributed by atoms with Crippen LogP contribution < -0.4 is 15.6 Å². The van der Waals surface area contributed by atoms with E-state index < -0.39 is 11.6 Å². The normalized spacial score (nSPS) is 10.6. The van der Waals surface area contributed by atoms with Crippen molar-refractivity contribution in [2.45, 2.75) is 13.2 Å².